The van der Waals surface area contributed by atoms with E-state index >= 15 is 0 Å². The van der Waals surface area contributed by atoms with Crippen LogP contribution in [0.5, 0.6) is 0 Å². The van der Waals surface area contributed by atoms with E-state index in [0.29, 0.717) is 0 Å². The number of hydrogen-bond donors (Lipinski definition) is 1. The van der Waals surface area contributed by atoms with Gasteiger partial charge in [-0.2, -0.15) is 0 Å². The normalized spacial score (nSPS) is 15.6. The summed E-state index contributed by atoms with van der Waals surface area (Å²) in [6.45, 7) is 0.940. The Morgan fingerprint density at radius 1 is 1.10 bits per heavy atom. The molecule has 0 saturated carbocycles. The van der Waals surface area contributed by atoms with Gasteiger partial charge < -0.3 is 5.32 Å². The van der Waals surface area contributed by atoms with E-state index in [1.807, 2.05) is 24.3 Å². The third-order valence-corrected chi connectivity index (χ3v) is 3.98. The average molecular weight is 299 g/mol. The number of nitrogens with zero attached hydrogens (tertiary/aromatic N) is 1. The first-order chi connectivity index (χ1) is 10.3. The van der Waals surface area contributed by atoms with Crippen LogP contribution in [-0.2, 0) is 6.42 Å². The third kappa shape index (κ3) is 3.85. The zero-order valence-electron chi connectivity index (χ0n) is 11.9. The number of hydrogen-bond acceptors (Lipinski definition) is 2. The lowest BCUT2D eigenvalue weighted by atomic mass is 9.98. The summed E-state index contributed by atoms with van der Waals surface area (Å²) in [5.74, 6) is 1.12. The van der Waals surface area contributed by atoms with Crippen LogP contribution in [0.1, 0.15) is 30.0 Å². The zero-order valence-corrected chi connectivity index (χ0v) is 12.7. The van der Waals surface area contributed by atoms with Crippen LogP contribution < -0.4 is 5.32 Å². The Morgan fingerprint density at radius 2 is 1.95 bits per heavy atom. The van der Waals surface area contributed by atoms with E-state index in [-0.39, 0.29) is 6.04 Å². The summed E-state index contributed by atoms with van der Waals surface area (Å²) < 4.78 is 0. The van der Waals surface area contributed by atoms with Crippen molar-refractivity contribution in [2.24, 2.45) is 4.99 Å². The highest BCUT2D eigenvalue weighted by atomic mass is 35.5. The topological polar surface area (TPSA) is 24.4 Å². The second kappa shape index (κ2) is 6.77. The van der Waals surface area contributed by atoms with E-state index in [4.69, 9.17) is 11.6 Å². The van der Waals surface area contributed by atoms with E-state index in [9.17, 15) is 0 Å². The maximum absolute atomic E-state index is 6.15. The van der Waals surface area contributed by atoms with E-state index < -0.39 is 0 Å². The molecule has 108 valence electrons. The van der Waals surface area contributed by atoms with Crippen LogP contribution in [0.25, 0.3) is 0 Å². The van der Waals surface area contributed by atoms with Crippen molar-refractivity contribution in [3.63, 3.8) is 0 Å². The van der Waals surface area contributed by atoms with E-state index in [0.717, 1.165) is 36.7 Å². The molecule has 0 fully saturated rings. The lowest BCUT2D eigenvalue weighted by molar-refractivity contribution is 0.638. The summed E-state index contributed by atoms with van der Waals surface area (Å²) in [5, 5.41) is 4.38. The van der Waals surface area contributed by atoms with Crippen LogP contribution in [0.4, 0.5) is 0 Å². The van der Waals surface area contributed by atoms with E-state index in [2.05, 4.69) is 40.6 Å². The predicted molar refractivity (Wildman–Crippen MR) is 89.0 cm³/mol. The van der Waals surface area contributed by atoms with Gasteiger partial charge in [-0.15, -0.1) is 0 Å². The second-order valence-electron chi connectivity index (χ2n) is 5.37. The molecule has 2 nitrogen and oxygen atoms in total. The minimum absolute atomic E-state index is 0.211. The highest BCUT2D eigenvalue weighted by Crippen LogP contribution is 2.22. The molecule has 0 spiro atoms. The first-order valence-electron chi connectivity index (χ1n) is 7.40. The lowest BCUT2D eigenvalue weighted by Gasteiger charge is -2.21. The molecule has 3 heteroatoms. The van der Waals surface area contributed by atoms with Gasteiger partial charge in [-0.05, 0) is 36.1 Å². The predicted octanol–water partition coefficient (Wildman–Crippen LogP) is 4.41. The van der Waals surface area contributed by atoms with Crippen LogP contribution in [-0.4, -0.2) is 12.4 Å². The Labute approximate surface area is 130 Å². The number of aliphatic imine (C=N–C) groups is 1. The Kier molecular flexibility index (Phi) is 4.56. The maximum Gasteiger partial charge on any atom is 0.0968 e. The molecule has 1 N–H and O–H groups in total. The van der Waals surface area contributed by atoms with Gasteiger partial charge in [0.15, 0.2) is 0 Å². The van der Waals surface area contributed by atoms with Crippen molar-refractivity contribution >= 4 is 17.4 Å². The second-order valence-corrected chi connectivity index (χ2v) is 5.81. The summed E-state index contributed by atoms with van der Waals surface area (Å²) in [6.07, 6.45) is 3.13. The Bertz CT molecular complexity index is 622. The molecular weight excluding hydrogens is 280 g/mol. The van der Waals surface area contributed by atoms with Crippen LogP contribution in [0, 0.1) is 0 Å². The van der Waals surface area contributed by atoms with Gasteiger partial charge in [-0.3, -0.25) is 4.99 Å². The molecule has 1 atom stereocenters. The fraction of sp³-hybridized carbons (Fsp3) is 0.278. The van der Waals surface area contributed by atoms with Gasteiger partial charge >= 0.3 is 0 Å². The molecule has 0 radical (unpaired) electrons. The fourth-order valence-corrected chi connectivity index (χ4v) is 2.88. The van der Waals surface area contributed by atoms with Crippen LogP contribution in [0.15, 0.2) is 59.6 Å². The molecule has 0 amide bonds. The number of halogens is 1. The van der Waals surface area contributed by atoms with E-state index in [1.165, 1.54) is 11.1 Å². The summed E-state index contributed by atoms with van der Waals surface area (Å²) in [4.78, 5) is 4.54. The van der Waals surface area contributed by atoms with Crippen molar-refractivity contribution in [2.45, 2.75) is 25.3 Å². The van der Waals surface area contributed by atoms with Crippen molar-refractivity contribution in [3.8, 4) is 0 Å². The first-order valence-corrected chi connectivity index (χ1v) is 7.78. The molecule has 1 aliphatic rings. The fourth-order valence-electron chi connectivity index (χ4n) is 2.68. The molecular formula is C18H19ClN2. The van der Waals surface area contributed by atoms with E-state index in [1.54, 1.807) is 0 Å². The molecule has 0 aromatic heterocycles. The largest absolute Gasteiger partial charge is 0.367 e. The molecule has 0 aliphatic carbocycles. The van der Waals surface area contributed by atoms with Crippen molar-refractivity contribution in [2.75, 3.05) is 6.54 Å². The van der Waals surface area contributed by atoms with Crippen molar-refractivity contribution in [1.29, 1.82) is 0 Å². The molecule has 2 aromatic rings. The minimum atomic E-state index is 0.211. The Balaban J connectivity index is 1.83. The SMILES string of the molecule is Clc1cccc(C(Cc2ccccc2)NC2=NCCC2)c1. The molecule has 0 saturated heterocycles. The van der Waals surface area contributed by atoms with Crippen LogP contribution in [0.2, 0.25) is 5.02 Å². The maximum atomic E-state index is 6.15. The lowest BCUT2D eigenvalue weighted by Crippen LogP contribution is -2.28. The average Bonchev–Trinajstić information content (AvgIpc) is 3.01. The van der Waals surface area contributed by atoms with Crippen molar-refractivity contribution in [3.05, 3.63) is 70.7 Å². The quantitative estimate of drug-likeness (QED) is 0.888. The molecule has 3 rings (SSSR count). The Morgan fingerprint density at radius 3 is 2.67 bits per heavy atom. The van der Waals surface area contributed by atoms with Crippen LogP contribution in [0.3, 0.4) is 0 Å². The zero-order chi connectivity index (χ0) is 14.5. The standard InChI is InChI=1S/C18H19ClN2/c19-16-9-4-8-15(13-16)17(21-18-10-5-11-20-18)12-14-6-2-1-3-7-14/h1-4,6-9,13,17H,5,10-12H2,(H,20,21). The minimum Gasteiger partial charge on any atom is -0.367 e. The van der Waals surface area contributed by atoms with Crippen LogP contribution >= 0.6 is 11.6 Å². The molecule has 21 heavy (non-hydrogen) atoms. The van der Waals surface area contributed by atoms with Gasteiger partial charge in [0, 0.05) is 18.0 Å². The Hall–Kier alpha value is -1.80. The molecule has 1 heterocycles. The van der Waals surface area contributed by atoms with Gasteiger partial charge in [-0.25, -0.2) is 0 Å². The number of amidine groups is 1. The summed E-state index contributed by atoms with van der Waals surface area (Å²) >= 11 is 6.15. The van der Waals surface area contributed by atoms with Crippen molar-refractivity contribution < 1.29 is 0 Å². The molecule has 1 aliphatic heterocycles. The van der Waals surface area contributed by atoms with Gasteiger partial charge in [0.2, 0.25) is 0 Å². The summed E-state index contributed by atoms with van der Waals surface area (Å²) in [7, 11) is 0. The van der Waals surface area contributed by atoms with Gasteiger partial charge in [0.25, 0.3) is 0 Å². The highest BCUT2D eigenvalue weighted by Gasteiger charge is 2.16. The highest BCUT2D eigenvalue weighted by molar-refractivity contribution is 6.30. The number of rotatable bonds is 4. The monoisotopic (exact) mass is 298 g/mol. The molecule has 2 aromatic carbocycles. The number of benzene rings is 2. The molecule has 1 unspecified atom stereocenters. The van der Waals surface area contributed by atoms with Gasteiger partial charge in [0.1, 0.15) is 0 Å². The summed E-state index contributed by atoms with van der Waals surface area (Å²) in [5.41, 5.74) is 2.52. The third-order valence-electron chi connectivity index (χ3n) is 3.75. The van der Waals surface area contributed by atoms with Crippen molar-refractivity contribution in [1.82, 2.24) is 5.32 Å². The first kappa shape index (κ1) is 14.2. The van der Waals surface area contributed by atoms with Gasteiger partial charge in [0.05, 0.1) is 11.9 Å². The molecule has 0 bridgehead atoms. The smallest absolute Gasteiger partial charge is 0.0968 e. The van der Waals surface area contributed by atoms with Gasteiger partial charge in [-0.1, -0.05) is 54.1 Å². The summed E-state index contributed by atoms with van der Waals surface area (Å²) in [6, 6.07) is 18.8. The number of nitrogens with one attached hydrogen (secondary N) is 1.